The summed E-state index contributed by atoms with van der Waals surface area (Å²) < 4.78 is 0. The molecule has 124 valence electrons. The number of aryl methyl sites for hydroxylation is 1. The third-order valence-electron chi connectivity index (χ3n) is 4.07. The van der Waals surface area contributed by atoms with E-state index in [1.807, 2.05) is 13.0 Å². The largest absolute Gasteiger partial charge is 0.372 e. The van der Waals surface area contributed by atoms with Crippen LogP contribution in [-0.2, 0) is 4.79 Å². The van der Waals surface area contributed by atoms with Crippen molar-refractivity contribution in [3.63, 3.8) is 0 Å². The Hall–Kier alpha value is -1.55. The summed E-state index contributed by atoms with van der Waals surface area (Å²) in [5.41, 5.74) is 3.22. The first-order valence-corrected chi connectivity index (χ1v) is 8.40. The lowest BCUT2D eigenvalue weighted by Gasteiger charge is -2.22. The summed E-state index contributed by atoms with van der Waals surface area (Å²) in [5.74, 6) is 0.0643. The van der Waals surface area contributed by atoms with Crippen LogP contribution in [0.5, 0.6) is 0 Å². The summed E-state index contributed by atoms with van der Waals surface area (Å²) in [6.45, 7) is 13.3. The third kappa shape index (κ3) is 5.68. The van der Waals surface area contributed by atoms with E-state index in [9.17, 15) is 4.79 Å². The second kappa shape index (κ2) is 9.46. The fourth-order valence-electron chi connectivity index (χ4n) is 2.36. The lowest BCUT2D eigenvalue weighted by Crippen LogP contribution is -2.29. The number of carbonyl (C=O) groups is 1. The molecule has 1 atom stereocenters. The highest BCUT2D eigenvalue weighted by atomic mass is 16.1. The quantitative estimate of drug-likeness (QED) is 0.733. The molecule has 4 nitrogen and oxygen atoms in total. The van der Waals surface area contributed by atoms with Gasteiger partial charge in [-0.15, -0.1) is 0 Å². The summed E-state index contributed by atoms with van der Waals surface area (Å²) in [7, 11) is 0. The monoisotopic (exact) mass is 305 g/mol. The molecular formula is C18H31N3O. The molecule has 1 rings (SSSR count). The maximum Gasteiger partial charge on any atom is 0.225 e. The van der Waals surface area contributed by atoms with E-state index >= 15 is 0 Å². The van der Waals surface area contributed by atoms with Crippen molar-refractivity contribution in [1.82, 2.24) is 5.32 Å². The molecule has 1 aromatic carbocycles. The molecule has 0 saturated heterocycles. The number of carbonyl (C=O) groups excluding carboxylic acids is 1. The molecule has 1 amide bonds. The fraction of sp³-hybridized carbons (Fsp3) is 0.611. The Morgan fingerprint density at radius 1 is 1.23 bits per heavy atom. The number of benzene rings is 1. The highest BCUT2D eigenvalue weighted by molar-refractivity contribution is 5.91. The summed E-state index contributed by atoms with van der Waals surface area (Å²) in [6, 6.07) is 6.68. The molecule has 0 aliphatic rings. The van der Waals surface area contributed by atoms with Crippen LogP contribution in [-0.4, -0.2) is 31.6 Å². The summed E-state index contributed by atoms with van der Waals surface area (Å²) >= 11 is 0. The minimum Gasteiger partial charge on any atom is -0.372 e. The highest BCUT2D eigenvalue weighted by Gasteiger charge is 2.08. The molecule has 2 N–H and O–H groups in total. The van der Waals surface area contributed by atoms with E-state index in [-0.39, 0.29) is 5.91 Å². The zero-order chi connectivity index (χ0) is 16.5. The summed E-state index contributed by atoms with van der Waals surface area (Å²) in [6.07, 6.45) is 1.58. The van der Waals surface area contributed by atoms with Gasteiger partial charge in [0.1, 0.15) is 0 Å². The normalized spacial score (nSPS) is 12.0. The Bertz CT molecular complexity index is 469. The van der Waals surface area contributed by atoms with Crippen LogP contribution in [0.25, 0.3) is 0 Å². The Morgan fingerprint density at radius 2 is 1.91 bits per heavy atom. The van der Waals surface area contributed by atoms with Gasteiger partial charge in [-0.3, -0.25) is 4.79 Å². The summed E-state index contributed by atoms with van der Waals surface area (Å²) in [5, 5.41) is 6.34. The molecule has 0 aliphatic carbocycles. The van der Waals surface area contributed by atoms with Gasteiger partial charge in [-0.1, -0.05) is 6.92 Å². The average molecular weight is 305 g/mol. The van der Waals surface area contributed by atoms with Gasteiger partial charge in [-0.2, -0.15) is 0 Å². The number of anilines is 2. The lowest BCUT2D eigenvalue weighted by atomic mass is 10.1. The molecule has 22 heavy (non-hydrogen) atoms. The second-order valence-corrected chi connectivity index (χ2v) is 5.73. The molecule has 0 spiro atoms. The van der Waals surface area contributed by atoms with E-state index in [1.165, 1.54) is 5.69 Å². The summed E-state index contributed by atoms with van der Waals surface area (Å²) in [4.78, 5) is 14.3. The van der Waals surface area contributed by atoms with E-state index in [0.29, 0.717) is 12.5 Å². The minimum absolute atomic E-state index is 0.0643. The Balaban J connectivity index is 2.57. The number of hydrogen-bond acceptors (Lipinski definition) is 3. The fourth-order valence-corrected chi connectivity index (χ4v) is 2.36. The van der Waals surface area contributed by atoms with E-state index in [2.05, 4.69) is 55.4 Å². The number of nitrogens with zero attached hydrogens (tertiary/aromatic N) is 1. The minimum atomic E-state index is 0.0643. The smallest absolute Gasteiger partial charge is 0.225 e. The van der Waals surface area contributed by atoms with E-state index in [1.54, 1.807) is 0 Å². The van der Waals surface area contributed by atoms with Crippen molar-refractivity contribution in [2.45, 2.75) is 53.5 Å². The van der Waals surface area contributed by atoms with Crippen molar-refractivity contribution in [2.24, 2.45) is 0 Å². The van der Waals surface area contributed by atoms with Gasteiger partial charge >= 0.3 is 0 Å². The van der Waals surface area contributed by atoms with Crippen LogP contribution >= 0.6 is 0 Å². The van der Waals surface area contributed by atoms with E-state index in [0.717, 1.165) is 37.3 Å². The maximum atomic E-state index is 12.0. The van der Waals surface area contributed by atoms with Crippen molar-refractivity contribution in [3.05, 3.63) is 23.8 Å². The molecule has 0 aromatic heterocycles. The van der Waals surface area contributed by atoms with Crippen molar-refractivity contribution >= 4 is 17.3 Å². The number of nitrogens with one attached hydrogen (secondary N) is 2. The Labute approximate surface area is 135 Å². The standard InChI is InChI=1S/C18H31N3O/c1-6-15(5)19-12-11-18(22)20-17-10-9-16(13-14(17)4)21(7-2)8-3/h9-10,13,15,19H,6-8,11-12H2,1-5H3,(H,20,22). The molecule has 1 unspecified atom stereocenters. The SMILES string of the molecule is CCC(C)NCCC(=O)Nc1ccc(N(CC)CC)cc1C. The molecule has 0 aliphatic heterocycles. The highest BCUT2D eigenvalue weighted by Crippen LogP contribution is 2.22. The Morgan fingerprint density at radius 3 is 2.45 bits per heavy atom. The zero-order valence-corrected chi connectivity index (χ0v) is 14.7. The van der Waals surface area contributed by atoms with Crippen LogP contribution < -0.4 is 15.5 Å². The predicted octanol–water partition coefficient (Wildman–Crippen LogP) is 3.56. The molecular weight excluding hydrogens is 274 g/mol. The average Bonchev–Trinajstić information content (AvgIpc) is 2.51. The number of amides is 1. The van der Waals surface area contributed by atoms with Crippen LogP contribution in [0.1, 0.15) is 46.1 Å². The lowest BCUT2D eigenvalue weighted by molar-refractivity contribution is -0.116. The first kappa shape index (κ1) is 18.5. The van der Waals surface area contributed by atoms with Crippen LogP contribution in [0.3, 0.4) is 0 Å². The Kier molecular flexibility index (Phi) is 7.96. The van der Waals surface area contributed by atoms with Gasteiger partial charge in [-0.25, -0.2) is 0 Å². The van der Waals surface area contributed by atoms with Crippen molar-refractivity contribution in [2.75, 3.05) is 29.9 Å². The van der Waals surface area contributed by atoms with Gasteiger partial charge in [0, 0.05) is 43.5 Å². The topological polar surface area (TPSA) is 44.4 Å². The molecule has 0 fully saturated rings. The van der Waals surface area contributed by atoms with Crippen LogP contribution in [0, 0.1) is 6.92 Å². The molecule has 0 bridgehead atoms. The van der Waals surface area contributed by atoms with Gasteiger partial charge < -0.3 is 15.5 Å². The number of hydrogen-bond donors (Lipinski definition) is 2. The third-order valence-corrected chi connectivity index (χ3v) is 4.07. The zero-order valence-electron chi connectivity index (χ0n) is 14.7. The van der Waals surface area contributed by atoms with Crippen LogP contribution in [0.2, 0.25) is 0 Å². The van der Waals surface area contributed by atoms with Crippen molar-refractivity contribution in [3.8, 4) is 0 Å². The molecule has 4 heteroatoms. The number of rotatable bonds is 9. The van der Waals surface area contributed by atoms with Gasteiger partial charge in [0.25, 0.3) is 0 Å². The van der Waals surface area contributed by atoms with Crippen molar-refractivity contribution in [1.29, 1.82) is 0 Å². The molecule has 0 radical (unpaired) electrons. The van der Waals surface area contributed by atoms with Gasteiger partial charge in [0.05, 0.1) is 0 Å². The molecule has 1 aromatic rings. The van der Waals surface area contributed by atoms with Gasteiger partial charge in [-0.05, 0) is 57.9 Å². The van der Waals surface area contributed by atoms with Crippen molar-refractivity contribution < 1.29 is 4.79 Å². The van der Waals surface area contributed by atoms with E-state index < -0.39 is 0 Å². The molecule has 0 saturated carbocycles. The maximum absolute atomic E-state index is 12.0. The first-order chi connectivity index (χ1) is 10.5. The van der Waals surface area contributed by atoms with E-state index in [4.69, 9.17) is 0 Å². The van der Waals surface area contributed by atoms with Crippen LogP contribution in [0.4, 0.5) is 11.4 Å². The predicted molar refractivity (Wildman–Crippen MR) is 95.7 cm³/mol. The van der Waals surface area contributed by atoms with Crippen LogP contribution in [0.15, 0.2) is 18.2 Å². The van der Waals surface area contributed by atoms with Gasteiger partial charge in [0.2, 0.25) is 5.91 Å². The van der Waals surface area contributed by atoms with Gasteiger partial charge in [0.15, 0.2) is 0 Å². The second-order valence-electron chi connectivity index (χ2n) is 5.73. The first-order valence-electron chi connectivity index (χ1n) is 8.40. The molecule has 0 heterocycles.